The number of nitriles is 1. The molecule has 0 fully saturated rings. The summed E-state index contributed by atoms with van der Waals surface area (Å²) in [7, 11) is 0. The third kappa shape index (κ3) is 2.55. The van der Waals surface area contributed by atoms with Gasteiger partial charge in [0.15, 0.2) is 12.4 Å². The summed E-state index contributed by atoms with van der Waals surface area (Å²) < 4.78 is 5.56. The molecule has 0 unspecified atom stereocenters. The van der Waals surface area contributed by atoms with Crippen molar-refractivity contribution in [3.8, 4) is 11.8 Å². The van der Waals surface area contributed by atoms with Gasteiger partial charge in [0.25, 0.3) is 0 Å². The first kappa shape index (κ1) is 13.8. The van der Waals surface area contributed by atoms with Crippen molar-refractivity contribution >= 4 is 16.6 Å². The molecule has 3 rings (SSSR count). The summed E-state index contributed by atoms with van der Waals surface area (Å²) in [5, 5.41) is 10.6. The van der Waals surface area contributed by atoms with E-state index in [1.54, 1.807) is 18.2 Å². The standard InChI is InChI=1S/C19H13NO2/c20-12-13-22-19-16-9-5-4-6-14(16)10-11-17(19)18(21)15-7-2-1-3-8-15/h1-11H,13H2. The molecule has 0 radical (unpaired) electrons. The van der Waals surface area contributed by atoms with E-state index in [1.165, 1.54) is 0 Å². The quantitative estimate of drug-likeness (QED) is 0.682. The Bertz CT molecular complexity index is 863. The Balaban J connectivity index is 2.16. The van der Waals surface area contributed by atoms with Crippen LogP contribution in [-0.2, 0) is 0 Å². The summed E-state index contributed by atoms with van der Waals surface area (Å²) in [6.45, 7) is -0.0942. The number of ether oxygens (including phenoxy) is 1. The fourth-order valence-electron chi connectivity index (χ4n) is 2.43. The molecule has 0 atom stereocenters. The Hall–Kier alpha value is -3.12. The predicted octanol–water partition coefficient (Wildman–Crippen LogP) is 3.97. The van der Waals surface area contributed by atoms with Crippen molar-refractivity contribution in [3.05, 3.63) is 77.9 Å². The molecule has 3 heteroatoms. The molecule has 0 saturated carbocycles. The highest BCUT2D eigenvalue weighted by Crippen LogP contribution is 2.31. The summed E-state index contributed by atoms with van der Waals surface area (Å²) in [4.78, 5) is 12.7. The van der Waals surface area contributed by atoms with Gasteiger partial charge in [-0.3, -0.25) is 4.79 Å². The second kappa shape index (κ2) is 6.11. The normalized spacial score (nSPS) is 10.1. The van der Waals surface area contributed by atoms with Crippen LogP contribution >= 0.6 is 0 Å². The van der Waals surface area contributed by atoms with Crippen LogP contribution in [-0.4, -0.2) is 12.4 Å². The summed E-state index contributed by atoms with van der Waals surface area (Å²) in [5.41, 5.74) is 1.07. The van der Waals surface area contributed by atoms with Crippen molar-refractivity contribution in [3.63, 3.8) is 0 Å². The van der Waals surface area contributed by atoms with Gasteiger partial charge in [-0.25, -0.2) is 0 Å². The molecule has 3 nitrogen and oxygen atoms in total. The summed E-state index contributed by atoms with van der Waals surface area (Å²) >= 11 is 0. The van der Waals surface area contributed by atoms with Crippen molar-refractivity contribution in [2.75, 3.05) is 6.61 Å². The molecular weight excluding hydrogens is 274 g/mol. The average Bonchev–Trinajstić information content (AvgIpc) is 2.59. The van der Waals surface area contributed by atoms with Crippen molar-refractivity contribution in [2.24, 2.45) is 0 Å². The lowest BCUT2D eigenvalue weighted by atomic mass is 9.98. The molecule has 0 bridgehead atoms. The van der Waals surface area contributed by atoms with Crippen LogP contribution < -0.4 is 4.74 Å². The van der Waals surface area contributed by atoms with Gasteiger partial charge in [-0.05, 0) is 11.5 Å². The number of rotatable bonds is 4. The molecule has 0 amide bonds. The number of nitrogens with zero attached hydrogens (tertiary/aromatic N) is 1. The van der Waals surface area contributed by atoms with E-state index in [0.717, 1.165) is 10.8 Å². The highest BCUT2D eigenvalue weighted by atomic mass is 16.5. The minimum absolute atomic E-state index is 0.0942. The molecular formula is C19H13NO2. The van der Waals surface area contributed by atoms with E-state index >= 15 is 0 Å². The maximum absolute atomic E-state index is 12.7. The first-order valence-corrected chi connectivity index (χ1v) is 6.92. The number of benzene rings is 3. The lowest BCUT2D eigenvalue weighted by Crippen LogP contribution is -2.06. The van der Waals surface area contributed by atoms with Crippen LogP contribution in [0.25, 0.3) is 10.8 Å². The smallest absolute Gasteiger partial charge is 0.196 e. The monoisotopic (exact) mass is 287 g/mol. The van der Waals surface area contributed by atoms with E-state index in [4.69, 9.17) is 10.00 Å². The summed E-state index contributed by atoms with van der Waals surface area (Å²) in [6.07, 6.45) is 0. The van der Waals surface area contributed by atoms with Crippen molar-refractivity contribution in [2.45, 2.75) is 0 Å². The highest BCUT2D eigenvalue weighted by Gasteiger charge is 2.17. The number of fused-ring (bicyclic) bond motifs is 1. The molecule has 0 aliphatic rings. The van der Waals surface area contributed by atoms with Crippen LogP contribution in [0.4, 0.5) is 0 Å². The van der Waals surface area contributed by atoms with Gasteiger partial charge in [0, 0.05) is 10.9 Å². The average molecular weight is 287 g/mol. The van der Waals surface area contributed by atoms with Gasteiger partial charge in [-0.1, -0.05) is 60.7 Å². The minimum atomic E-state index is -0.112. The topological polar surface area (TPSA) is 50.1 Å². The third-order valence-corrected chi connectivity index (χ3v) is 3.44. The number of carbonyl (C=O) groups is 1. The van der Waals surface area contributed by atoms with Gasteiger partial charge < -0.3 is 4.74 Å². The molecule has 3 aromatic carbocycles. The number of hydrogen-bond acceptors (Lipinski definition) is 3. The Morgan fingerprint density at radius 1 is 0.955 bits per heavy atom. The Labute approximate surface area is 128 Å². The molecule has 3 aromatic rings. The van der Waals surface area contributed by atoms with Crippen LogP contribution in [0.5, 0.6) is 5.75 Å². The van der Waals surface area contributed by atoms with Crippen molar-refractivity contribution < 1.29 is 9.53 Å². The molecule has 0 aromatic heterocycles. The zero-order chi connectivity index (χ0) is 15.4. The van der Waals surface area contributed by atoms with Gasteiger partial charge in [-0.15, -0.1) is 0 Å². The van der Waals surface area contributed by atoms with E-state index < -0.39 is 0 Å². The summed E-state index contributed by atoms with van der Waals surface area (Å²) in [6, 6.07) is 22.3. The molecule has 0 aliphatic heterocycles. The lowest BCUT2D eigenvalue weighted by Gasteiger charge is -2.12. The highest BCUT2D eigenvalue weighted by molar-refractivity contribution is 6.13. The van der Waals surface area contributed by atoms with Gasteiger partial charge in [0.2, 0.25) is 0 Å². The third-order valence-electron chi connectivity index (χ3n) is 3.44. The van der Waals surface area contributed by atoms with Gasteiger partial charge in [0.1, 0.15) is 11.8 Å². The Morgan fingerprint density at radius 2 is 1.68 bits per heavy atom. The molecule has 0 saturated heterocycles. The second-order valence-electron chi connectivity index (χ2n) is 4.81. The van der Waals surface area contributed by atoms with Crippen LogP contribution in [0.1, 0.15) is 15.9 Å². The Kier molecular flexibility index (Phi) is 3.84. The van der Waals surface area contributed by atoms with E-state index in [-0.39, 0.29) is 12.4 Å². The van der Waals surface area contributed by atoms with Crippen LogP contribution in [0.2, 0.25) is 0 Å². The Morgan fingerprint density at radius 3 is 2.45 bits per heavy atom. The first-order chi connectivity index (χ1) is 10.8. The maximum Gasteiger partial charge on any atom is 0.196 e. The van der Waals surface area contributed by atoms with Crippen molar-refractivity contribution in [1.29, 1.82) is 5.26 Å². The molecule has 0 aliphatic carbocycles. The molecule has 0 N–H and O–H groups in total. The van der Waals surface area contributed by atoms with Crippen molar-refractivity contribution in [1.82, 2.24) is 0 Å². The van der Waals surface area contributed by atoms with Gasteiger partial charge >= 0.3 is 0 Å². The molecule has 0 heterocycles. The fourth-order valence-corrected chi connectivity index (χ4v) is 2.43. The van der Waals surface area contributed by atoms with Crippen LogP contribution in [0.15, 0.2) is 66.7 Å². The zero-order valence-corrected chi connectivity index (χ0v) is 11.8. The molecule has 106 valence electrons. The van der Waals surface area contributed by atoms with Crippen LogP contribution in [0, 0.1) is 11.3 Å². The van der Waals surface area contributed by atoms with Gasteiger partial charge in [-0.2, -0.15) is 5.26 Å². The second-order valence-corrected chi connectivity index (χ2v) is 4.81. The summed E-state index contributed by atoms with van der Waals surface area (Å²) in [5.74, 6) is 0.354. The van der Waals surface area contributed by atoms with E-state index in [2.05, 4.69) is 0 Å². The van der Waals surface area contributed by atoms with Crippen LogP contribution in [0.3, 0.4) is 0 Å². The molecule has 0 spiro atoms. The van der Waals surface area contributed by atoms with E-state index in [0.29, 0.717) is 16.9 Å². The number of hydrogen-bond donors (Lipinski definition) is 0. The maximum atomic E-state index is 12.7. The first-order valence-electron chi connectivity index (χ1n) is 6.92. The SMILES string of the molecule is N#CCOc1c(C(=O)c2ccccc2)ccc2ccccc12. The minimum Gasteiger partial charge on any atom is -0.477 e. The van der Waals surface area contributed by atoms with Gasteiger partial charge in [0.05, 0.1) is 5.56 Å². The number of carbonyl (C=O) groups excluding carboxylic acids is 1. The van der Waals surface area contributed by atoms with E-state index in [9.17, 15) is 4.79 Å². The fraction of sp³-hybridized carbons (Fsp3) is 0.0526. The lowest BCUT2D eigenvalue weighted by molar-refractivity contribution is 0.103. The number of ketones is 1. The zero-order valence-electron chi connectivity index (χ0n) is 11.8. The molecule has 22 heavy (non-hydrogen) atoms. The largest absolute Gasteiger partial charge is 0.477 e. The van der Waals surface area contributed by atoms with E-state index in [1.807, 2.05) is 54.6 Å². The predicted molar refractivity (Wildman–Crippen MR) is 84.9 cm³/mol.